The van der Waals surface area contributed by atoms with Gasteiger partial charge in [0.1, 0.15) is 0 Å². The highest BCUT2D eigenvalue weighted by Gasteiger charge is 2.17. The van der Waals surface area contributed by atoms with Crippen LogP contribution >= 0.6 is 0 Å². The molecular formula is C25H33N3O2. The predicted molar refractivity (Wildman–Crippen MR) is 120 cm³/mol. The Bertz CT molecular complexity index is 822. The van der Waals surface area contributed by atoms with Crippen LogP contribution in [-0.4, -0.2) is 36.3 Å². The van der Waals surface area contributed by atoms with E-state index in [1.165, 1.54) is 18.4 Å². The summed E-state index contributed by atoms with van der Waals surface area (Å²) in [5, 5.41) is 5.82. The molecule has 1 atom stereocenters. The van der Waals surface area contributed by atoms with E-state index in [-0.39, 0.29) is 18.2 Å². The van der Waals surface area contributed by atoms with Gasteiger partial charge >= 0.3 is 0 Å². The van der Waals surface area contributed by atoms with Gasteiger partial charge in [-0.1, -0.05) is 61.5 Å². The van der Waals surface area contributed by atoms with Crippen molar-refractivity contribution in [2.45, 2.75) is 45.7 Å². The van der Waals surface area contributed by atoms with Gasteiger partial charge in [-0.3, -0.25) is 14.5 Å². The number of hydrogen-bond donors (Lipinski definition) is 2. The lowest BCUT2D eigenvalue weighted by Gasteiger charge is -2.31. The second-order valence-electron chi connectivity index (χ2n) is 8.29. The summed E-state index contributed by atoms with van der Waals surface area (Å²) in [5.74, 6) is 0.647. The third-order valence-corrected chi connectivity index (χ3v) is 5.61. The number of carbonyl (C=O) groups excluding carboxylic acids is 2. The summed E-state index contributed by atoms with van der Waals surface area (Å²) in [6, 6.07) is 17.9. The molecule has 2 amide bonds. The van der Waals surface area contributed by atoms with Crippen molar-refractivity contribution in [3.63, 3.8) is 0 Å². The molecule has 2 aromatic rings. The molecule has 0 aromatic heterocycles. The van der Waals surface area contributed by atoms with E-state index >= 15 is 0 Å². The highest BCUT2D eigenvalue weighted by atomic mass is 16.2. The molecule has 3 rings (SSSR count). The van der Waals surface area contributed by atoms with Crippen molar-refractivity contribution in [1.82, 2.24) is 15.5 Å². The van der Waals surface area contributed by atoms with Crippen LogP contribution in [0.5, 0.6) is 0 Å². The van der Waals surface area contributed by atoms with Crippen molar-refractivity contribution in [1.29, 1.82) is 0 Å². The summed E-state index contributed by atoms with van der Waals surface area (Å²) in [6.07, 6.45) is 3.20. The quantitative estimate of drug-likeness (QED) is 0.671. The van der Waals surface area contributed by atoms with Crippen LogP contribution in [-0.2, 0) is 29.1 Å². The molecule has 1 saturated heterocycles. The molecule has 0 saturated carbocycles. The van der Waals surface area contributed by atoms with E-state index in [1.54, 1.807) is 0 Å². The van der Waals surface area contributed by atoms with Gasteiger partial charge < -0.3 is 10.6 Å². The van der Waals surface area contributed by atoms with Gasteiger partial charge in [0.25, 0.3) is 0 Å². The van der Waals surface area contributed by atoms with E-state index in [9.17, 15) is 9.59 Å². The van der Waals surface area contributed by atoms with E-state index in [2.05, 4.69) is 40.7 Å². The largest absolute Gasteiger partial charge is 0.355 e. The monoisotopic (exact) mass is 407 g/mol. The van der Waals surface area contributed by atoms with E-state index in [0.717, 1.165) is 36.7 Å². The first-order valence-electron chi connectivity index (χ1n) is 11.0. The normalized spacial score (nSPS) is 16.8. The average molecular weight is 408 g/mol. The summed E-state index contributed by atoms with van der Waals surface area (Å²) < 4.78 is 0. The van der Waals surface area contributed by atoms with Crippen LogP contribution in [0.3, 0.4) is 0 Å². The maximum atomic E-state index is 12.2. The zero-order valence-electron chi connectivity index (χ0n) is 17.9. The second-order valence-corrected chi connectivity index (χ2v) is 8.29. The Kier molecular flexibility index (Phi) is 8.45. The first-order chi connectivity index (χ1) is 14.6. The molecule has 1 aliphatic rings. The van der Waals surface area contributed by atoms with Crippen LogP contribution in [0.1, 0.15) is 42.9 Å². The highest BCUT2D eigenvalue weighted by Crippen LogP contribution is 2.19. The Hall–Kier alpha value is -2.66. The van der Waals surface area contributed by atoms with Crippen molar-refractivity contribution >= 4 is 11.8 Å². The standard InChI is InChI=1S/C25H33N3O2/c1-20-8-7-15-28(18-20)19-23-12-6-5-11-22(23)17-27-24(29)13-14-26-25(30)16-21-9-3-2-4-10-21/h2-6,9-12,20H,7-8,13-19H2,1H3,(H,26,30)(H,27,29). The fraction of sp³-hybridized carbons (Fsp3) is 0.440. The molecule has 5 nitrogen and oxygen atoms in total. The maximum Gasteiger partial charge on any atom is 0.224 e. The van der Waals surface area contributed by atoms with Crippen LogP contribution < -0.4 is 10.6 Å². The van der Waals surface area contributed by atoms with Gasteiger partial charge in [-0.2, -0.15) is 0 Å². The highest BCUT2D eigenvalue weighted by molar-refractivity contribution is 5.80. The van der Waals surface area contributed by atoms with Crippen LogP contribution in [0.4, 0.5) is 0 Å². The number of amides is 2. The van der Waals surface area contributed by atoms with Crippen LogP contribution in [0, 0.1) is 5.92 Å². The van der Waals surface area contributed by atoms with Crippen molar-refractivity contribution < 1.29 is 9.59 Å². The molecule has 1 heterocycles. The molecule has 2 aromatic carbocycles. The smallest absolute Gasteiger partial charge is 0.224 e. The van der Waals surface area contributed by atoms with E-state index < -0.39 is 0 Å². The molecule has 1 fully saturated rings. The van der Waals surface area contributed by atoms with Crippen LogP contribution in [0.2, 0.25) is 0 Å². The SMILES string of the molecule is CC1CCCN(Cc2ccccc2CNC(=O)CCNC(=O)Cc2ccccc2)C1. The zero-order valence-corrected chi connectivity index (χ0v) is 17.9. The summed E-state index contributed by atoms with van der Waals surface area (Å²) in [4.78, 5) is 26.7. The Morgan fingerprint density at radius 2 is 1.70 bits per heavy atom. The third-order valence-electron chi connectivity index (χ3n) is 5.61. The molecule has 0 bridgehead atoms. The first-order valence-corrected chi connectivity index (χ1v) is 11.0. The van der Waals surface area contributed by atoms with Gasteiger partial charge in [-0.15, -0.1) is 0 Å². The first kappa shape index (κ1) is 22.0. The summed E-state index contributed by atoms with van der Waals surface area (Å²) in [5.41, 5.74) is 3.42. The minimum Gasteiger partial charge on any atom is -0.355 e. The minimum absolute atomic E-state index is 0.0450. The predicted octanol–water partition coefficient (Wildman–Crippen LogP) is 3.28. The fourth-order valence-electron chi connectivity index (χ4n) is 4.00. The molecule has 2 N–H and O–H groups in total. The summed E-state index contributed by atoms with van der Waals surface area (Å²) in [6.45, 7) is 6.42. The molecular weight excluding hydrogens is 374 g/mol. The number of nitrogens with one attached hydrogen (secondary N) is 2. The topological polar surface area (TPSA) is 61.4 Å². The van der Waals surface area contributed by atoms with Gasteiger partial charge in [0.15, 0.2) is 0 Å². The maximum absolute atomic E-state index is 12.2. The Balaban J connectivity index is 1.39. The fourth-order valence-corrected chi connectivity index (χ4v) is 4.00. The molecule has 30 heavy (non-hydrogen) atoms. The van der Waals surface area contributed by atoms with Crippen molar-refractivity contribution in [3.8, 4) is 0 Å². The second kappa shape index (κ2) is 11.5. The molecule has 0 aliphatic carbocycles. The molecule has 160 valence electrons. The molecule has 0 radical (unpaired) electrons. The van der Waals surface area contributed by atoms with Gasteiger partial charge in [0, 0.05) is 32.6 Å². The lowest BCUT2D eigenvalue weighted by Crippen LogP contribution is -2.34. The summed E-state index contributed by atoms with van der Waals surface area (Å²) >= 11 is 0. The number of rotatable bonds is 9. The molecule has 5 heteroatoms. The van der Waals surface area contributed by atoms with Gasteiger partial charge in [-0.25, -0.2) is 0 Å². The Morgan fingerprint density at radius 3 is 2.47 bits per heavy atom. The van der Waals surface area contributed by atoms with Crippen LogP contribution in [0.15, 0.2) is 54.6 Å². The number of carbonyl (C=O) groups is 2. The van der Waals surface area contributed by atoms with Crippen LogP contribution in [0.25, 0.3) is 0 Å². The third kappa shape index (κ3) is 7.30. The number of nitrogens with zero attached hydrogens (tertiary/aromatic N) is 1. The Morgan fingerprint density at radius 1 is 0.967 bits per heavy atom. The number of benzene rings is 2. The van der Waals surface area contributed by atoms with Gasteiger partial charge in [0.2, 0.25) is 11.8 Å². The minimum atomic E-state index is -0.0601. The number of hydrogen-bond acceptors (Lipinski definition) is 3. The lowest BCUT2D eigenvalue weighted by molar-refractivity contribution is -0.122. The number of piperidine rings is 1. The van der Waals surface area contributed by atoms with Crippen molar-refractivity contribution in [2.75, 3.05) is 19.6 Å². The zero-order chi connectivity index (χ0) is 21.2. The molecule has 0 spiro atoms. The van der Waals surface area contributed by atoms with Crippen molar-refractivity contribution in [3.05, 3.63) is 71.3 Å². The van der Waals surface area contributed by atoms with E-state index in [4.69, 9.17) is 0 Å². The Labute approximate surface area is 179 Å². The summed E-state index contributed by atoms with van der Waals surface area (Å²) in [7, 11) is 0. The van der Waals surface area contributed by atoms with Gasteiger partial charge in [-0.05, 0) is 42.0 Å². The van der Waals surface area contributed by atoms with Gasteiger partial charge in [0.05, 0.1) is 6.42 Å². The molecule has 1 unspecified atom stereocenters. The van der Waals surface area contributed by atoms with Crippen molar-refractivity contribution in [2.24, 2.45) is 5.92 Å². The van der Waals surface area contributed by atoms with E-state index in [0.29, 0.717) is 19.5 Å². The number of likely N-dealkylation sites (tertiary alicyclic amines) is 1. The average Bonchev–Trinajstić information content (AvgIpc) is 2.74. The lowest BCUT2D eigenvalue weighted by atomic mass is 9.99. The molecule has 1 aliphatic heterocycles. The van der Waals surface area contributed by atoms with E-state index in [1.807, 2.05) is 36.4 Å².